The summed E-state index contributed by atoms with van der Waals surface area (Å²) in [5.41, 5.74) is 2.36. The van der Waals surface area contributed by atoms with Gasteiger partial charge in [-0.25, -0.2) is 0 Å². The molecule has 0 N–H and O–H groups in total. The van der Waals surface area contributed by atoms with Gasteiger partial charge in [-0.3, -0.25) is 0 Å². The Balaban J connectivity index is 3.35. The molecule has 0 radical (unpaired) electrons. The third-order valence-corrected chi connectivity index (χ3v) is 2.26. The molecule has 0 bridgehead atoms. The summed E-state index contributed by atoms with van der Waals surface area (Å²) in [4.78, 5) is 5.27. The van der Waals surface area contributed by atoms with E-state index in [2.05, 4.69) is 32.5 Å². The predicted octanol–water partition coefficient (Wildman–Crippen LogP) is 4.56. The van der Waals surface area contributed by atoms with Crippen LogP contribution >= 0.6 is 0 Å². The molecule has 0 saturated heterocycles. The van der Waals surface area contributed by atoms with Gasteiger partial charge < -0.3 is 4.84 Å². The number of oxime groups is 1. The standard InChI is InChI=1S/C14H27NO/c1-12(2)9-7-6-8-10-16-15-14(5)11-13(3)4/h13H,1,6-11H2,2-5H3/b15-14+. The van der Waals surface area contributed by atoms with Crippen molar-refractivity contribution in [2.45, 2.75) is 59.8 Å². The lowest BCUT2D eigenvalue weighted by molar-refractivity contribution is 0.138. The highest BCUT2D eigenvalue weighted by Gasteiger charge is 1.97. The van der Waals surface area contributed by atoms with Crippen molar-refractivity contribution in [1.82, 2.24) is 0 Å². The van der Waals surface area contributed by atoms with Gasteiger partial charge in [-0.1, -0.05) is 24.6 Å². The van der Waals surface area contributed by atoms with Crippen LogP contribution in [0.3, 0.4) is 0 Å². The van der Waals surface area contributed by atoms with Crippen LogP contribution in [0.5, 0.6) is 0 Å². The van der Waals surface area contributed by atoms with E-state index in [0.717, 1.165) is 31.6 Å². The highest BCUT2D eigenvalue weighted by atomic mass is 16.6. The van der Waals surface area contributed by atoms with Gasteiger partial charge in [0.05, 0.1) is 5.71 Å². The molecule has 0 aliphatic carbocycles. The minimum atomic E-state index is 0.655. The summed E-state index contributed by atoms with van der Waals surface area (Å²) in [6, 6.07) is 0. The van der Waals surface area contributed by atoms with E-state index in [4.69, 9.17) is 4.84 Å². The van der Waals surface area contributed by atoms with Crippen molar-refractivity contribution in [2.75, 3.05) is 6.61 Å². The average Bonchev–Trinajstić information content (AvgIpc) is 2.14. The molecular formula is C14H27NO. The van der Waals surface area contributed by atoms with Crippen LogP contribution in [0.4, 0.5) is 0 Å². The molecule has 0 aliphatic heterocycles. The molecule has 0 amide bonds. The van der Waals surface area contributed by atoms with Crippen molar-refractivity contribution < 1.29 is 4.84 Å². The van der Waals surface area contributed by atoms with Crippen molar-refractivity contribution in [3.63, 3.8) is 0 Å². The van der Waals surface area contributed by atoms with Crippen molar-refractivity contribution >= 4 is 5.71 Å². The highest BCUT2D eigenvalue weighted by Crippen LogP contribution is 2.06. The second-order valence-electron chi connectivity index (χ2n) is 5.03. The van der Waals surface area contributed by atoms with Crippen LogP contribution in [0.15, 0.2) is 17.3 Å². The lowest BCUT2D eigenvalue weighted by Gasteiger charge is -2.04. The average molecular weight is 225 g/mol. The minimum Gasteiger partial charge on any atom is -0.396 e. The van der Waals surface area contributed by atoms with Crippen molar-refractivity contribution in [2.24, 2.45) is 11.1 Å². The largest absolute Gasteiger partial charge is 0.396 e. The molecule has 2 nitrogen and oxygen atoms in total. The number of unbranched alkanes of at least 4 members (excludes halogenated alkanes) is 2. The molecule has 94 valence electrons. The van der Waals surface area contributed by atoms with E-state index in [9.17, 15) is 0 Å². The number of hydrogen-bond donors (Lipinski definition) is 0. The Morgan fingerprint density at radius 3 is 2.44 bits per heavy atom. The maximum atomic E-state index is 5.27. The third kappa shape index (κ3) is 11.3. The molecule has 0 heterocycles. The normalized spacial score (nSPS) is 11.9. The molecule has 0 aromatic heterocycles. The van der Waals surface area contributed by atoms with Gasteiger partial charge in [-0.15, -0.1) is 6.58 Å². The lowest BCUT2D eigenvalue weighted by atomic mass is 10.1. The van der Waals surface area contributed by atoms with E-state index in [1.807, 2.05) is 6.92 Å². The summed E-state index contributed by atoms with van der Waals surface area (Å²) in [7, 11) is 0. The number of nitrogens with zero attached hydrogens (tertiary/aromatic N) is 1. The summed E-state index contributed by atoms with van der Waals surface area (Å²) in [5.74, 6) is 0.655. The molecule has 0 unspecified atom stereocenters. The van der Waals surface area contributed by atoms with Gasteiger partial charge in [-0.05, 0) is 51.9 Å². The summed E-state index contributed by atoms with van der Waals surface area (Å²) in [6.45, 7) is 13.1. The fraction of sp³-hybridized carbons (Fsp3) is 0.786. The molecule has 0 spiro atoms. The smallest absolute Gasteiger partial charge is 0.117 e. The van der Waals surface area contributed by atoms with Crippen LogP contribution in [0.25, 0.3) is 0 Å². The predicted molar refractivity (Wildman–Crippen MR) is 71.8 cm³/mol. The Morgan fingerprint density at radius 2 is 1.88 bits per heavy atom. The Kier molecular flexibility index (Phi) is 8.97. The second kappa shape index (κ2) is 9.44. The van der Waals surface area contributed by atoms with Crippen molar-refractivity contribution in [1.29, 1.82) is 0 Å². The van der Waals surface area contributed by atoms with Crippen LogP contribution in [0, 0.1) is 5.92 Å². The SMILES string of the molecule is C=C(C)CCCCCO/N=C(\C)CC(C)C. The van der Waals surface area contributed by atoms with Gasteiger partial charge in [0.15, 0.2) is 0 Å². The van der Waals surface area contributed by atoms with Crippen LogP contribution < -0.4 is 0 Å². The molecular weight excluding hydrogens is 198 g/mol. The summed E-state index contributed by atoms with van der Waals surface area (Å²) in [5, 5.41) is 4.10. The number of rotatable bonds is 9. The van der Waals surface area contributed by atoms with Gasteiger partial charge in [0.25, 0.3) is 0 Å². The quantitative estimate of drug-likeness (QED) is 0.244. The Morgan fingerprint density at radius 1 is 1.19 bits per heavy atom. The first kappa shape index (κ1) is 15.2. The van der Waals surface area contributed by atoms with E-state index in [1.165, 1.54) is 18.4 Å². The monoisotopic (exact) mass is 225 g/mol. The first-order valence-electron chi connectivity index (χ1n) is 6.32. The van der Waals surface area contributed by atoms with Crippen LogP contribution in [0.1, 0.15) is 59.8 Å². The van der Waals surface area contributed by atoms with Crippen molar-refractivity contribution in [3.8, 4) is 0 Å². The Hall–Kier alpha value is -0.790. The van der Waals surface area contributed by atoms with E-state index in [-0.39, 0.29) is 0 Å². The van der Waals surface area contributed by atoms with E-state index in [0.29, 0.717) is 5.92 Å². The number of hydrogen-bond acceptors (Lipinski definition) is 2. The van der Waals surface area contributed by atoms with Crippen LogP contribution in [-0.2, 0) is 4.84 Å². The summed E-state index contributed by atoms with van der Waals surface area (Å²) in [6.07, 6.45) is 5.66. The van der Waals surface area contributed by atoms with Crippen LogP contribution in [-0.4, -0.2) is 12.3 Å². The van der Waals surface area contributed by atoms with E-state index < -0.39 is 0 Å². The zero-order valence-electron chi connectivity index (χ0n) is 11.4. The maximum Gasteiger partial charge on any atom is 0.117 e. The molecule has 0 rings (SSSR count). The zero-order valence-corrected chi connectivity index (χ0v) is 11.4. The molecule has 0 fully saturated rings. The van der Waals surface area contributed by atoms with Gasteiger partial charge in [0, 0.05) is 0 Å². The van der Waals surface area contributed by atoms with E-state index in [1.54, 1.807) is 0 Å². The molecule has 0 saturated carbocycles. The lowest BCUT2D eigenvalue weighted by Crippen LogP contribution is -2.00. The molecule has 0 aromatic rings. The van der Waals surface area contributed by atoms with Crippen molar-refractivity contribution in [3.05, 3.63) is 12.2 Å². The summed E-state index contributed by atoms with van der Waals surface area (Å²) >= 11 is 0. The molecule has 16 heavy (non-hydrogen) atoms. The van der Waals surface area contributed by atoms with Gasteiger partial charge >= 0.3 is 0 Å². The Labute approximate surface area is 101 Å². The minimum absolute atomic E-state index is 0.655. The first-order chi connectivity index (χ1) is 7.52. The van der Waals surface area contributed by atoms with Crippen LogP contribution in [0.2, 0.25) is 0 Å². The van der Waals surface area contributed by atoms with E-state index >= 15 is 0 Å². The fourth-order valence-electron chi connectivity index (χ4n) is 1.55. The maximum absolute atomic E-state index is 5.27. The molecule has 0 aliphatic rings. The molecule has 0 atom stereocenters. The zero-order chi connectivity index (χ0) is 12.4. The molecule has 0 aromatic carbocycles. The van der Waals surface area contributed by atoms with Gasteiger partial charge in [0.1, 0.15) is 6.61 Å². The fourth-order valence-corrected chi connectivity index (χ4v) is 1.55. The first-order valence-corrected chi connectivity index (χ1v) is 6.32. The summed E-state index contributed by atoms with van der Waals surface area (Å²) < 4.78 is 0. The van der Waals surface area contributed by atoms with Gasteiger partial charge in [-0.2, -0.15) is 0 Å². The third-order valence-electron chi connectivity index (χ3n) is 2.26. The van der Waals surface area contributed by atoms with Gasteiger partial charge in [0.2, 0.25) is 0 Å². The Bertz CT molecular complexity index is 219. The highest BCUT2D eigenvalue weighted by molar-refractivity contribution is 5.81. The molecule has 2 heteroatoms. The second-order valence-corrected chi connectivity index (χ2v) is 5.03. The topological polar surface area (TPSA) is 21.6 Å². The number of allylic oxidation sites excluding steroid dienone is 1.